The summed E-state index contributed by atoms with van der Waals surface area (Å²) >= 11 is 5.04. The third kappa shape index (κ3) is 4.75. The summed E-state index contributed by atoms with van der Waals surface area (Å²) in [5.41, 5.74) is 0. The number of ether oxygens (including phenoxy) is 1. The van der Waals surface area contributed by atoms with Crippen LogP contribution in [0.1, 0.15) is 17.8 Å². The van der Waals surface area contributed by atoms with Crippen molar-refractivity contribution in [3.63, 3.8) is 0 Å². The molecule has 0 spiro atoms. The van der Waals surface area contributed by atoms with Crippen molar-refractivity contribution in [2.24, 2.45) is 0 Å². The molecular weight excluding hydrogens is 306 g/mol. The summed E-state index contributed by atoms with van der Waals surface area (Å²) in [5.74, 6) is -0.816. The Hall–Kier alpha value is -0.430. The number of carboxylic acids is 1. The summed E-state index contributed by atoms with van der Waals surface area (Å²) in [7, 11) is 1.62. The fraction of sp³-hybridized carbons (Fsp3) is 0.545. The van der Waals surface area contributed by atoms with Gasteiger partial charge in [-0.15, -0.1) is 11.3 Å². The molecule has 1 aromatic rings. The third-order valence-electron chi connectivity index (χ3n) is 2.47. The Bertz CT molecular complexity index is 369. The number of methoxy groups -OCH3 is 1. The predicted molar refractivity (Wildman–Crippen MR) is 71.5 cm³/mol. The number of carboxylic acid groups (broad SMARTS) is 1. The topological polar surface area (TPSA) is 49.8 Å². The molecule has 96 valence electrons. The molecule has 0 aromatic carbocycles. The van der Waals surface area contributed by atoms with Crippen LogP contribution in [-0.4, -0.2) is 42.8 Å². The van der Waals surface area contributed by atoms with E-state index in [2.05, 4.69) is 15.9 Å². The summed E-state index contributed by atoms with van der Waals surface area (Å²) < 4.78 is 6.06. The van der Waals surface area contributed by atoms with Gasteiger partial charge in [-0.05, 0) is 35.0 Å². The minimum atomic E-state index is -0.816. The van der Waals surface area contributed by atoms with E-state index in [1.807, 2.05) is 24.0 Å². The lowest BCUT2D eigenvalue weighted by Gasteiger charge is -2.26. The second-order valence-corrected chi connectivity index (χ2v) is 6.17. The first-order chi connectivity index (χ1) is 8.04. The van der Waals surface area contributed by atoms with Crippen molar-refractivity contribution in [1.82, 2.24) is 4.90 Å². The van der Waals surface area contributed by atoms with Crippen molar-refractivity contribution >= 4 is 33.2 Å². The van der Waals surface area contributed by atoms with Crippen LogP contribution < -0.4 is 0 Å². The van der Waals surface area contributed by atoms with Gasteiger partial charge in [0.2, 0.25) is 0 Å². The van der Waals surface area contributed by atoms with E-state index in [0.29, 0.717) is 13.2 Å². The van der Waals surface area contributed by atoms with Crippen LogP contribution in [0.2, 0.25) is 0 Å². The number of nitrogens with zero attached hydrogens (tertiary/aromatic N) is 1. The minimum absolute atomic E-state index is 0.0278. The molecule has 4 nitrogen and oxygen atoms in total. The molecule has 1 heterocycles. The summed E-state index contributed by atoms with van der Waals surface area (Å²) in [5, 5.41) is 8.90. The van der Waals surface area contributed by atoms with E-state index in [4.69, 9.17) is 9.84 Å². The highest BCUT2D eigenvalue weighted by atomic mass is 79.9. The molecule has 0 bridgehead atoms. The van der Waals surface area contributed by atoms with Crippen LogP contribution in [-0.2, 0) is 9.53 Å². The lowest BCUT2D eigenvalue weighted by molar-refractivity contribution is -0.139. The van der Waals surface area contributed by atoms with E-state index < -0.39 is 5.97 Å². The van der Waals surface area contributed by atoms with E-state index >= 15 is 0 Å². The maximum absolute atomic E-state index is 10.8. The number of carbonyl (C=O) groups is 1. The quantitative estimate of drug-likeness (QED) is 0.838. The van der Waals surface area contributed by atoms with Gasteiger partial charge in [0.1, 0.15) is 0 Å². The van der Waals surface area contributed by atoms with Crippen LogP contribution in [0.25, 0.3) is 0 Å². The molecule has 17 heavy (non-hydrogen) atoms. The zero-order chi connectivity index (χ0) is 12.8. The predicted octanol–water partition coefficient (Wildman–Crippen LogP) is 2.60. The van der Waals surface area contributed by atoms with Crippen molar-refractivity contribution in [2.75, 3.05) is 26.8 Å². The molecule has 0 aliphatic heterocycles. The number of rotatable bonds is 7. The number of halogens is 1. The lowest BCUT2D eigenvalue weighted by Crippen LogP contribution is -2.34. The Labute approximate surface area is 113 Å². The van der Waals surface area contributed by atoms with Crippen LogP contribution in [0.3, 0.4) is 0 Å². The Morgan fingerprint density at radius 1 is 1.65 bits per heavy atom. The maximum atomic E-state index is 10.8. The smallest absolute Gasteiger partial charge is 0.317 e. The minimum Gasteiger partial charge on any atom is -0.480 e. The van der Waals surface area contributed by atoms with Gasteiger partial charge in [-0.25, -0.2) is 0 Å². The first-order valence-corrected chi connectivity index (χ1v) is 6.85. The highest BCUT2D eigenvalue weighted by Crippen LogP contribution is 2.30. The zero-order valence-electron chi connectivity index (χ0n) is 9.85. The van der Waals surface area contributed by atoms with E-state index in [-0.39, 0.29) is 12.6 Å². The van der Waals surface area contributed by atoms with Crippen LogP contribution in [0.5, 0.6) is 0 Å². The summed E-state index contributed by atoms with van der Waals surface area (Å²) in [6, 6.07) is 4.07. The van der Waals surface area contributed by atoms with Gasteiger partial charge in [0, 0.05) is 24.6 Å². The average molecular weight is 322 g/mol. The SMILES string of the molecule is COCCN(CC(=O)O)C(C)c1ccc(Br)s1. The van der Waals surface area contributed by atoms with Crippen molar-refractivity contribution in [3.05, 3.63) is 20.8 Å². The second kappa shape index (κ2) is 7.10. The first-order valence-electron chi connectivity index (χ1n) is 5.24. The number of aliphatic carboxylic acids is 1. The molecule has 0 amide bonds. The van der Waals surface area contributed by atoms with Gasteiger partial charge in [0.05, 0.1) is 16.9 Å². The first kappa shape index (κ1) is 14.6. The molecule has 1 rings (SSSR count). The highest BCUT2D eigenvalue weighted by Gasteiger charge is 2.19. The molecular formula is C11H16BrNO3S. The van der Waals surface area contributed by atoms with Gasteiger partial charge < -0.3 is 9.84 Å². The fourth-order valence-corrected chi connectivity index (χ4v) is 3.03. The Morgan fingerprint density at radius 3 is 2.82 bits per heavy atom. The molecule has 0 saturated carbocycles. The molecule has 0 saturated heterocycles. The fourth-order valence-electron chi connectivity index (χ4n) is 1.52. The summed E-state index contributed by atoms with van der Waals surface area (Å²) in [6.07, 6.45) is 0. The van der Waals surface area contributed by atoms with Crippen LogP contribution in [0, 0.1) is 0 Å². The Kier molecular flexibility index (Phi) is 6.11. The Morgan fingerprint density at radius 2 is 2.35 bits per heavy atom. The number of thiophene rings is 1. The molecule has 1 atom stereocenters. The average Bonchev–Trinajstić information content (AvgIpc) is 2.69. The molecule has 0 aliphatic carbocycles. The van der Waals surface area contributed by atoms with Crippen molar-refractivity contribution in [3.8, 4) is 0 Å². The van der Waals surface area contributed by atoms with Crippen molar-refractivity contribution < 1.29 is 14.6 Å². The van der Waals surface area contributed by atoms with Crippen LogP contribution >= 0.6 is 27.3 Å². The monoisotopic (exact) mass is 321 g/mol. The van der Waals surface area contributed by atoms with Crippen molar-refractivity contribution in [1.29, 1.82) is 0 Å². The van der Waals surface area contributed by atoms with Gasteiger partial charge in [0.15, 0.2) is 0 Å². The van der Waals surface area contributed by atoms with Gasteiger partial charge in [0.25, 0.3) is 0 Å². The molecule has 0 radical (unpaired) electrons. The van der Waals surface area contributed by atoms with Crippen molar-refractivity contribution in [2.45, 2.75) is 13.0 Å². The third-order valence-corrected chi connectivity index (χ3v) is 4.27. The van der Waals surface area contributed by atoms with E-state index in [0.717, 1.165) is 8.66 Å². The van der Waals surface area contributed by atoms with E-state index in [9.17, 15) is 4.79 Å². The largest absolute Gasteiger partial charge is 0.480 e. The lowest BCUT2D eigenvalue weighted by atomic mass is 10.2. The number of hydrogen-bond donors (Lipinski definition) is 1. The molecule has 0 fully saturated rings. The molecule has 0 aliphatic rings. The molecule has 1 aromatic heterocycles. The van der Waals surface area contributed by atoms with Crippen LogP contribution in [0.15, 0.2) is 15.9 Å². The molecule has 6 heteroatoms. The number of hydrogen-bond acceptors (Lipinski definition) is 4. The molecule has 1 unspecified atom stereocenters. The standard InChI is InChI=1S/C11H16BrNO3S/c1-8(9-3-4-10(12)17-9)13(5-6-16-2)7-11(14)15/h3-4,8H,5-7H2,1-2H3,(H,14,15). The summed E-state index contributed by atoms with van der Waals surface area (Å²) in [4.78, 5) is 13.9. The van der Waals surface area contributed by atoms with E-state index in [1.54, 1.807) is 18.4 Å². The van der Waals surface area contributed by atoms with Gasteiger partial charge in [-0.1, -0.05) is 0 Å². The zero-order valence-corrected chi connectivity index (χ0v) is 12.3. The normalized spacial score (nSPS) is 12.9. The molecule has 1 N–H and O–H groups in total. The van der Waals surface area contributed by atoms with Gasteiger partial charge >= 0.3 is 5.97 Å². The summed E-state index contributed by atoms with van der Waals surface area (Å²) in [6.45, 7) is 3.18. The Balaban J connectivity index is 2.70. The van der Waals surface area contributed by atoms with Crippen LogP contribution in [0.4, 0.5) is 0 Å². The van der Waals surface area contributed by atoms with Gasteiger partial charge in [-0.2, -0.15) is 0 Å². The maximum Gasteiger partial charge on any atom is 0.317 e. The van der Waals surface area contributed by atoms with Gasteiger partial charge in [-0.3, -0.25) is 9.69 Å². The highest BCUT2D eigenvalue weighted by molar-refractivity contribution is 9.11. The van der Waals surface area contributed by atoms with E-state index in [1.165, 1.54) is 0 Å². The second-order valence-electron chi connectivity index (χ2n) is 3.67.